The van der Waals surface area contributed by atoms with Crippen LogP contribution in [0, 0.1) is 5.92 Å². The second-order valence-electron chi connectivity index (χ2n) is 5.08. The summed E-state index contributed by atoms with van der Waals surface area (Å²) in [6, 6.07) is 5.28. The summed E-state index contributed by atoms with van der Waals surface area (Å²) in [5.74, 6) is 1.02. The summed E-state index contributed by atoms with van der Waals surface area (Å²) >= 11 is 0. The first-order chi connectivity index (χ1) is 9.20. The average molecular weight is 259 g/mol. The minimum absolute atomic E-state index is 0.407. The molecule has 102 valence electrons. The van der Waals surface area contributed by atoms with E-state index >= 15 is 0 Å². The minimum Gasteiger partial charge on any atom is -0.496 e. The highest BCUT2D eigenvalue weighted by Gasteiger charge is 2.11. The second kappa shape index (κ2) is 6.41. The smallest absolute Gasteiger partial charge is 0.248 e. The quantitative estimate of drug-likeness (QED) is 0.901. The van der Waals surface area contributed by atoms with Crippen LogP contribution >= 0.6 is 0 Å². The highest BCUT2D eigenvalue weighted by atomic mass is 16.5. The molecule has 1 aliphatic carbocycles. The van der Waals surface area contributed by atoms with Crippen molar-refractivity contribution < 1.29 is 9.53 Å². The van der Waals surface area contributed by atoms with Crippen LogP contribution in [0.5, 0.6) is 5.75 Å². The van der Waals surface area contributed by atoms with Gasteiger partial charge in [-0.25, -0.2) is 0 Å². The zero-order valence-electron chi connectivity index (χ0n) is 11.4. The van der Waals surface area contributed by atoms with E-state index in [1.807, 2.05) is 0 Å². The predicted molar refractivity (Wildman–Crippen MR) is 77.1 cm³/mol. The molecule has 0 aliphatic heterocycles. The summed E-state index contributed by atoms with van der Waals surface area (Å²) in [5.41, 5.74) is 6.75. The van der Waals surface area contributed by atoms with Gasteiger partial charge in [0.1, 0.15) is 5.75 Å². The van der Waals surface area contributed by atoms with E-state index in [1.54, 1.807) is 25.3 Å². The Balaban J connectivity index is 2.18. The number of benzene rings is 1. The summed E-state index contributed by atoms with van der Waals surface area (Å²) in [7, 11) is 1.64. The molecule has 19 heavy (non-hydrogen) atoms. The molecular formula is C16H21NO2. The van der Waals surface area contributed by atoms with Crippen LogP contribution in [-0.4, -0.2) is 13.0 Å². The number of allylic oxidation sites excluding steroid dienone is 1. The maximum absolute atomic E-state index is 11.2. The van der Waals surface area contributed by atoms with Crippen LogP contribution in [0.3, 0.4) is 0 Å². The molecule has 1 aromatic carbocycles. The van der Waals surface area contributed by atoms with E-state index in [0.29, 0.717) is 11.5 Å². The summed E-state index contributed by atoms with van der Waals surface area (Å²) in [6.45, 7) is 0. The summed E-state index contributed by atoms with van der Waals surface area (Å²) in [4.78, 5) is 11.2. The van der Waals surface area contributed by atoms with Gasteiger partial charge in [0.05, 0.1) is 7.11 Å². The lowest BCUT2D eigenvalue weighted by Crippen LogP contribution is -2.11. The standard InChI is InChI=1S/C16H21NO2/c1-19-15-10-9-14(16(17)18)11-13(15)8-7-12-5-3-2-4-6-12/h7-12H,2-6H2,1H3,(H2,17,18). The molecule has 0 unspecified atom stereocenters. The summed E-state index contributed by atoms with van der Waals surface area (Å²) in [6.07, 6.45) is 10.8. The van der Waals surface area contributed by atoms with Crippen LogP contribution in [0.4, 0.5) is 0 Å². The van der Waals surface area contributed by atoms with Gasteiger partial charge in [0.2, 0.25) is 5.91 Å². The fourth-order valence-electron chi connectivity index (χ4n) is 2.58. The van der Waals surface area contributed by atoms with E-state index in [0.717, 1.165) is 11.3 Å². The van der Waals surface area contributed by atoms with Crippen LogP contribution in [0.15, 0.2) is 24.3 Å². The predicted octanol–water partition coefficient (Wildman–Crippen LogP) is 3.39. The Kier molecular flexibility index (Phi) is 4.61. The van der Waals surface area contributed by atoms with E-state index in [1.165, 1.54) is 32.1 Å². The molecule has 0 saturated heterocycles. The molecule has 0 bridgehead atoms. The van der Waals surface area contributed by atoms with Crippen LogP contribution in [-0.2, 0) is 0 Å². The maximum Gasteiger partial charge on any atom is 0.248 e. The number of rotatable bonds is 4. The van der Waals surface area contributed by atoms with Crippen molar-refractivity contribution in [3.05, 3.63) is 35.4 Å². The van der Waals surface area contributed by atoms with Gasteiger partial charge >= 0.3 is 0 Å². The number of carbonyl (C=O) groups excluding carboxylic acids is 1. The van der Waals surface area contributed by atoms with Crippen molar-refractivity contribution >= 4 is 12.0 Å². The largest absolute Gasteiger partial charge is 0.496 e. The average Bonchev–Trinajstić information content (AvgIpc) is 2.45. The first kappa shape index (κ1) is 13.7. The van der Waals surface area contributed by atoms with Crippen LogP contribution in [0.25, 0.3) is 6.08 Å². The van der Waals surface area contributed by atoms with Gasteiger partial charge in [0.15, 0.2) is 0 Å². The zero-order valence-corrected chi connectivity index (χ0v) is 11.4. The topological polar surface area (TPSA) is 52.3 Å². The molecule has 1 amide bonds. The molecule has 1 aromatic rings. The summed E-state index contributed by atoms with van der Waals surface area (Å²) in [5, 5.41) is 0. The minimum atomic E-state index is -0.407. The molecule has 3 nitrogen and oxygen atoms in total. The van der Waals surface area contributed by atoms with E-state index in [2.05, 4.69) is 12.2 Å². The lowest BCUT2D eigenvalue weighted by molar-refractivity contribution is 0.1000. The van der Waals surface area contributed by atoms with E-state index in [-0.39, 0.29) is 0 Å². The van der Waals surface area contributed by atoms with Gasteiger partial charge in [0, 0.05) is 11.1 Å². The molecule has 1 fully saturated rings. The second-order valence-corrected chi connectivity index (χ2v) is 5.08. The molecule has 0 radical (unpaired) electrons. The first-order valence-electron chi connectivity index (χ1n) is 6.87. The Labute approximate surface area is 114 Å². The number of nitrogens with two attached hydrogens (primary N) is 1. The lowest BCUT2D eigenvalue weighted by Gasteiger charge is -2.17. The van der Waals surface area contributed by atoms with Gasteiger partial charge in [-0.3, -0.25) is 4.79 Å². The third-order valence-corrected chi connectivity index (χ3v) is 3.71. The molecule has 2 rings (SSSR count). The Morgan fingerprint density at radius 3 is 2.68 bits per heavy atom. The Bertz CT molecular complexity index is 474. The third-order valence-electron chi connectivity index (χ3n) is 3.71. The normalized spacial score (nSPS) is 16.7. The van der Waals surface area contributed by atoms with Gasteiger partial charge < -0.3 is 10.5 Å². The molecular weight excluding hydrogens is 238 g/mol. The molecule has 1 aliphatic rings. The van der Waals surface area contributed by atoms with Gasteiger partial charge in [-0.15, -0.1) is 0 Å². The van der Waals surface area contributed by atoms with Gasteiger partial charge in [0.25, 0.3) is 0 Å². The Morgan fingerprint density at radius 1 is 1.32 bits per heavy atom. The van der Waals surface area contributed by atoms with E-state index in [4.69, 9.17) is 10.5 Å². The van der Waals surface area contributed by atoms with Crippen molar-refractivity contribution in [2.75, 3.05) is 7.11 Å². The number of carbonyl (C=O) groups is 1. The number of hydrogen-bond acceptors (Lipinski definition) is 2. The number of amides is 1. The number of primary amides is 1. The number of hydrogen-bond donors (Lipinski definition) is 1. The van der Waals surface area contributed by atoms with E-state index in [9.17, 15) is 4.79 Å². The Hall–Kier alpha value is -1.77. The van der Waals surface area contributed by atoms with E-state index < -0.39 is 5.91 Å². The number of methoxy groups -OCH3 is 1. The number of ether oxygens (including phenoxy) is 1. The molecule has 0 heterocycles. The molecule has 2 N–H and O–H groups in total. The lowest BCUT2D eigenvalue weighted by atomic mass is 9.88. The van der Waals surface area contributed by atoms with Crippen LogP contribution in [0.1, 0.15) is 48.0 Å². The first-order valence-corrected chi connectivity index (χ1v) is 6.87. The third kappa shape index (κ3) is 3.60. The van der Waals surface area contributed by atoms with Crippen LogP contribution < -0.4 is 10.5 Å². The fourth-order valence-corrected chi connectivity index (χ4v) is 2.58. The van der Waals surface area contributed by atoms with Crippen molar-refractivity contribution in [3.63, 3.8) is 0 Å². The highest BCUT2D eigenvalue weighted by molar-refractivity contribution is 5.93. The van der Waals surface area contributed by atoms with Gasteiger partial charge in [-0.2, -0.15) is 0 Å². The van der Waals surface area contributed by atoms with Gasteiger partial charge in [-0.05, 0) is 37.0 Å². The SMILES string of the molecule is COc1ccc(C(N)=O)cc1C=CC1CCCCC1. The van der Waals surface area contributed by atoms with Crippen LogP contribution in [0.2, 0.25) is 0 Å². The van der Waals surface area contributed by atoms with Crippen molar-refractivity contribution in [2.24, 2.45) is 11.7 Å². The molecule has 0 atom stereocenters. The summed E-state index contributed by atoms with van der Waals surface area (Å²) < 4.78 is 5.32. The van der Waals surface area contributed by atoms with Crippen molar-refractivity contribution in [2.45, 2.75) is 32.1 Å². The Morgan fingerprint density at radius 2 is 2.05 bits per heavy atom. The fraction of sp³-hybridized carbons (Fsp3) is 0.438. The zero-order chi connectivity index (χ0) is 13.7. The molecule has 3 heteroatoms. The van der Waals surface area contributed by atoms with Crippen molar-refractivity contribution in [3.8, 4) is 5.75 Å². The molecule has 0 spiro atoms. The molecule has 1 saturated carbocycles. The maximum atomic E-state index is 11.2. The molecule has 0 aromatic heterocycles. The van der Waals surface area contributed by atoms with Crippen molar-refractivity contribution in [1.82, 2.24) is 0 Å². The highest BCUT2D eigenvalue weighted by Crippen LogP contribution is 2.27. The van der Waals surface area contributed by atoms with Crippen molar-refractivity contribution in [1.29, 1.82) is 0 Å². The van der Waals surface area contributed by atoms with Gasteiger partial charge in [-0.1, -0.05) is 31.4 Å². The monoisotopic (exact) mass is 259 g/mol.